The number of likely N-dealkylation sites (tertiary alicyclic amines) is 1. The minimum absolute atomic E-state index is 0.0265. The standard InChI is InChI=1S/C15H21N5O3/c1-15(2,3)23-14(22)19-8-6-12(10-19)20-7-4-5-11(13(20)21)9-17-18-16/h4-5,7,12H,6,8-10H2,1-3H3. The molecule has 0 N–H and O–H groups in total. The highest BCUT2D eigenvalue weighted by Crippen LogP contribution is 2.22. The summed E-state index contributed by atoms with van der Waals surface area (Å²) in [4.78, 5) is 28.8. The normalized spacial score (nSPS) is 17.7. The lowest BCUT2D eigenvalue weighted by Crippen LogP contribution is -2.36. The number of hydrogen-bond acceptors (Lipinski definition) is 4. The summed E-state index contributed by atoms with van der Waals surface area (Å²) in [5.41, 5.74) is 8.10. The molecular formula is C15H21N5O3. The number of nitrogens with zero attached hydrogens (tertiary/aromatic N) is 5. The van der Waals surface area contributed by atoms with Gasteiger partial charge in [-0.25, -0.2) is 4.79 Å². The topological polar surface area (TPSA) is 100 Å². The van der Waals surface area contributed by atoms with Gasteiger partial charge in [0.2, 0.25) is 0 Å². The Balaban J connectivity index is 2.12. The Labute approximate surface area is 134 Å². The average Bonchev–Trinajstić information content (AvgIpc) is 2.94. The van der Waals surface area contributed by atoms with Crippen molar-refractivity contribution in [3.05, 3.63) is 44.7 Å². The molecule has 0 aromatic carbocycles. The predicted octanol–water partition coefficient (Wildman–Crippen LogP) is 2.84. The van der Waals surface area contributed by atoms with E-state index in [1.165, 1.54) is 0 Å². The van der Waals surface area contributed by atoms with E-state index in [9.17, 15) is 9.59 Å². The fourth-order valence-electron chi connectivity index (χ4n) is 2.53. The average molecular weight is 319 g/mol. The minimum atomic E-state index is -0.540. The molecule has 0 radical (unpaired) electrons. The number of carbonyl (C=O) groups excluding carboxylic acids is 1. The molecule has 1 aromatic heterocycles. The number of rotatable bonds is 3. The molecule has 8 heteroatoms. The van der Waals surface area contributed by atoms with E-state index in [0.717, 1.165) is 0 Å². The molecule has 1 atom stereocenters. The molecule has 1 amide bonds. The first kappa shape index (κ1) is 16.9. The SMILES string of the molecule is CC(C)(C)OC(=O)N1CCC(n2cccc(CN=[N+]=[N-])c2=O)C1. The highest BCUT2D eigenvalue weighted by molar-refractivity contribution is 5.68. The molecule has 0 spiro atoms. The first-order valence-electron chi connectivity index (χ1n) is 7.50. The van der Waals surface area contributed by atoms with Crippen molar-refractivity contribution < 1.29 is 9.53 Å². The molecule has 0 aliphatic carbocycles. The second-order valence-electron chi connectivity index (χ2n) is 6.50. The minimum Gasteiger partial charge on any atom is -0.444 e. The molecule has 23 heavy (non-hydrogen) atoms. The number of hydrogen-bond donors (Lipinski definition) is 0. The summed E-state index contributed by atoms with van der Waals surface area (Å²) >= 11 is 0. The zero-order valence-electron chi connectivity index (χ0n) is 13.6. The van der Waals surface area contributed by atoms with Crippen LogP contribution in [0.1, 0.15) is 38.8 Å². The molecule has 1 aromatic rings. The number of azide groups is 1. The van der Waals surface area contributed by atoms with Crippen LogP contribution in [0.3, 0.4) is 0 Å². The molecule has 1 saturated heterocycles. The van der Waals surface area contributed by atoms with Gasteiger partial charge in [-0.15, -0.1) is 0 Å². The van der Waals surface area contributed by atoms with Crippen LogP contribution in [0.15, 0.2) is 28.2 Å². The van der Waals surface area contributed by atoms with Crippen molar-refractivity contribution in [1.82, 2.24) is 9.47 Å². The molecule has 1 fully saturated rings. The largest absolute Gasteiger partial charge is 0.444 e. The van der Waals surface area contributed by atoms with Crippen LogP contribution in [-0.4, -0.2) is 34.3 Å². The van der Waals surface area contributed by atoms with Crippen molar-refractivity contribution in [2.24, 2.45) is 5.11 Å². The van der Waals surface area contributed by atoms with Gasteiger partial charge in [-0.2, -0.15) is 0 Å². The molecule has 124 valence electrons. The van der Waals surface area contributed by atoms with Gasteiger partial charge in [0.05, 0.1) is 12.6 Å². The van der Waals surface area contributed by atoms with E-state index in [1.807, 2.05) is 20.8 Å². The van der Waals surface area contributed by atoms with E-state index >= 15 is 0 Å². The van der Waals surface area contributed by atoms with Gasteiger partial charge < -0.3 is 14.2 Å². The monoisotopic (exact) mass is 319 g/mol. The Kier molecular flexibility index (Phi) is 4.95. The molecule has 0 saturated carbocycles. The Morgan fingerprint density at radius 3 is 2.91 bits per heavy atom. The summed E-state index contributed by atoms with van der Waals surface area (Å²) in [6, 6.07) is 3.30. The fraction of sp³-hybridized carbons (Fsp3) is 0.600. The summed E-state index contributed by atoms with van der Waals surface area (Å²) in [7, 11) is 0. The molecule has 8 nitrogen and oxygen atoms in total. The van der Waals surface area contributed by atoms with Crippen LogP contribution in [0.2, 0.25) is 0 Å². The van der Waals surface area contributed by atoms with Gasteiger partial charge in [-0.05, 0) is 38.8 Å². The molecule has 1 aliphatic heterocycles. The molecular weight excluding hydrogens is 298 g/mol. The quantitative estimate of drug-likeness (QED) is 0.486. The van der Waals surface area contributed by atoms with Crippen LogP contribution < -0.4 is 5.56 Å². The lowest BCUT2D eigenvalue weighted by molar-refractivity contribution is 0.0289. The Morgan fingerprint density at radius 1 is 1.52 bits per heavy atom. The van der Waals surface area contributed by atoms with E-state index in [0.29, 0.717) is 25.1 Å². The van der Waals surface area contributed by atoms with Crippen LogP contribution in [0.5, 0.6) is 0 Å². The third-order valence-corrected chi connectivity index (χ3v) is 3.57. The Bertz CT molecular complexity index is 685. The molecule has 0 bridgehead atoms. The van der Waals surface area contributed by atoms with Crippen LogP contribution in [0, 0.1) is 0 Å². The van der Waals surface area contributed by atoms with Crippen molar-refractivity contribution >= 4 is 6.09 Å². The maximum atomic E-state index is 12.4. The third kappa shape index (κ3) is 4.26. The van der Waals surface area contributed by atoms with Crippen LogP contribution in [-0.2, 0) is 11.3 Å². The van der Waals surface area contributed by atoms with E-state index < -0.39 is 5.60 Å². The number of carbonyl (C=O) groups is 1. The summed E-state index contributed by atoms with van der Waals surface area (Å²) in [6.07, 6.45) is 2.02. The van der Waals surface area contributed by atoms with E-state index in [-0.39, 0.29) is 24.2 Å². The van der Waals surface area contributed by atoms with Crippen molar-refractivity contribution in [3.63, 3.8) is 0 Å². The van der Waals surface area contributed by atoms with Crippen molar-refractivity contribution in [2.45, 2.75) is 45.4 Å². The second-order valence-corrected chi connectivity index (χ2v) is 6.50. The first-order chi connectivity index (χ1) is 10.8. The zero-order valence-corrected chi connectivity index (χ0v) is 13.6. The molecule has 1 unspecified atom stereocenters. The van der Waals surface area contributed by atoms with Gasteiger partial charge in [0.25, 0.3) is 5.56 Å². The number of ether oxygens (including phenoxy) is 1. The maximum Gasteiger partial charge on any atom is 0.410 e. The summed E-state index contributed by atoms with van der Waals surface area (Å²) in [5.74, 6) is 0. The van der Waals surface area contributed by atoms with Crippen molar-refractivity contribution in [1.29, 1.82) is 0 Å². The van der Waals surface area contributed by atoms with Crippen LogP contribution in [0.25, 0.3) is 10.4 Å². The fourth-order valence-corrected chi connectivity index (χ4v) is 2.53. The van der Waals surface area contributed by atoms with Crippen LogP contribution >= 0.6 is 0 Å². The smallest absolute Gasteiger partial charge is 0.410 e. The summed E-state index contributed by atoms with van der Waals surface area (Å²) < 4.78 is 6.96. The lowest BCUT2D eigenvalue weighted by Gasteiger charge is -2.24. The summed E-state index contributed by atoms with van der Waals surface area (Å²) in [6.45, 7) is 6.47. The van der Waals surface area contributed by atoms with Crippen molar-refractivity contribution in [2.75, 3.05) is 13.1 Å². The van der Waals surface area contributed by atoms with Gasteiger partial charge in [-0.3, -0.25) is 4.79 Å². The van der Waals surface area contributed by atoms with E-state index in [1.54, 1.807) is 27.8 Å². The number of amides is 1. The third-order valence-electron chi connectivity index (χ3n) is 3.57. The molecule has 2 rings (SSSR count). The van der Waals surface area contributed by atoms with Gasteiger partial charge in [0.15, 0.2) is 0 Å². The predicted molar refractivity (Wildman–Crippen MR) is 85.0 cm³/mol. The number of aromatic nitrogens is 1. The van der Waals surface area contributed by atoms with Gasteiger partial charge in [-0.1, -0.05) is 11.2 Å². The van der Waals surface area contributed by atoms with Crippen LogP contribution in [0.4, 0.5) is 4.79 Å². The van der Waals surface area contributed by atoms with Crippen molar-refractivity contribution in [3.8, 4) is 0 Å². The Hall–Kier alpha value is -2.47. The second kappa shape index (κ2) is 6.75. The number of pyridine rings is 1. The zero-order chi connectivity index (χ0) is 17.0. The Morgan fingerprint density at radius 2 is 2.26 bits per heavy atom. The molecule has 1 aliphatic rings. The maximum absolute atomic E-state index is 12.4. The first-order valence-corrected chi connectivity index (χ1v) is 7.50. The van der Waals surface area contributed by atoms with E-state index in [2.05, 4.69) is 10.0 Å². The summed E-state index contributed by atoms with van der Waals surface area (Å²) in [5, 5.41) is 3.44. The van der Waals surface area contributed by atoms with E-state index in [4.69, 9.17) is 10.3 Å². The highest BCUT2D eigenvalue weighted by Gasteiger charge is 2.31. The lowest BCUT2D eigenvalue weighted by atomic mass is 10.2. The molecule has 2 heterocycles. The highest BCUT2D eigenvalue weighted by atomic mass is 16.6. The van der Waals surface area contributed by atoms with Gasteiger partial charge in [0, 0.05) is 29.8 Å². The van der Waals surface area contributed by atoms with Gasteiger partial charge in [0.1, 0.15) is 5.60 Å². The van der Waals surface area contributed by atoms with Gasteiger partial charge >= 0.3 is 6.09 Å².